The lowest BCUT2D eigenvalue weighted by Crippen LogP contribution is -2.37. The number of amides is 1. The van der Waals surface area contributed by atoms with Crippen molar-refractivity contribution >= 4 is 15.9 Å². The molecule has 0 bridgehead atoms. The van der Waals surface area contributed by atoms with E-state index in [4.69, 9.17) is 4.74 Å². The third-order valence-electron chi connectivity index (χ3n) is 2.89. The van der Waals surface area contributed by atoms with Gasteiger partial charge in [-0.25, -0.2) is 13.1 Å². The van der Waals surface area contributed by atoms with Crippen LogP contribution in [-0.2, 0) is 21.4 Å². The van der Waals surface area contributed by atoms with Gasteiger partial charge in [0.2, 0.25) is 15.9 Å². The Morgan fingerprint density at radius 3 is 2.67 bits per heavy atom. The number of hydrogen-bond donors (Lipinski definition) is 2. The first kappa shape index (κ1) is 17.5. The maximum absolute atomic E-state index is 11.7. The first-order valence-corrected chi connectivity index (χ1v) is 8.49. The maximum atomic E-state index is 11.7. The summed E-state index contributed by atoms with van der Waals surface area (Å²) in [6.45, 7) is 1.95. The van der Waals surface area contributed by atoms with Crippen molar-refractivity contribution in [1.29, 1.82) is 0 Å². The molecule has 1 aromatic carbocycles. The average molecular weight is 314 g/mol. The van der Waals surface area contributed by atoms with Gasteiger partial charge >= 0.3 is 0 Å². The largest absolute Gasteiger partial charge is 0.496 e. The molecule has 1 amide bonds. The van der Waals surface area contributed by atoms with Gasteiger partial charge in [0.05, 0.1) is 19.4 Å². The Morgan fingerprint density at radius 2 is 2.00 bits per heavy atom. The predicted molar refractivity (Wildman–Crippen MR) is 81.5 cm³/mol. The summed E-state index contributed by atoms with van der Waals surface area (Å²) in [4.78, 5) is 11.7. The molecular weight excluding hydrogens is 292 g/mol. The number of methoxy groups -OCH3 is 1. The normalized spacial score (nSPS) is 11.1. The van der Waals surface area contributed by atoms with E-state index in [1.54, 1.807) is 13.2 Å². The number of sulfonamides is 1. The zero-order valence-corrected chi connectivity index (χ0v) is 13.2. The molecule has 0 saturated carbocycles. The molecule has 0 radical (unpaired) electrons. The average Bonchev–Trinajstić information content (AvgIpc) is 2.49. The highest BCUT2D eigenvalue weighted by atomic mass is 32.2. The molecule has 2 N–H and O–H groups in total. The lowest BCUT2D eigenvalue weighted by Gasteiger charge is -2.10. The summed E-state index contributed by atoms with van der Waals surface area (Å²) in [7, 11) is -1.81. The zero-order chi connectivity index (χ0) is 15.7. The Morgan fingerprint density at radius 1 is 1.29 bits per heavy atom. The van der Waals surface area contributed by atoms with Crippen LogP contribution in [0.15, 0.2) is 24.3 Å². The summed E-state index contributed by atoms with van der Waals surface area (Å²) in [5.41, 5.74) is 0.835. The van der Waals surface area contributed by atoms with Crippen LogP contribution in [0.3, 0.4) is 0 Å². The standard InChI is InChI=1S/C14H22N2O4S/c1-3-4-9-21(18,19)16-11-14(17)15-10-12-7-5-6-8-13(12)20-2/h5-8,16H,3-4,9-11H2,1-2H3,(H,15,17). The molecule has 0 aromatic heterocycles. The summed E-state index contributed by atoms with van der Waals surface area (Å²) in [5, 5.41) is 2.66. The molecule has 6 nitrogen and oxygen atoms in total. The molecule has 1 rings (SSSR count). The number of nitrogens with one attached hydrogen (secondary N) is 2. The van der Waals surface area contributed by atoms with E-state index in [9.17, 15) is 13.2 Å². The van der Waals surface area contributed by atoms with Gasteiger partial charge in [-0.05, 0) is 12.5 Å². The van der Waals surface area contributed by atoms with Crippen LogP contribution in [0.25, 0.3) is 0 Å². The van der Waals surface area contributed by atoms with Crippen LogP contribution < -0.4 is 14.8 Å². The molecule has 0 fully saturated rings. The van der Waals surface area contributed by atoms with Crippen molar-refractivity contribution in [2.24, 2.45) is 0 Å². The van der Waals surface area contributed by atoms with Crippen molar-refractivity contribution in [3.63, 3.8) is 0 Å². The van der Waals surface area contributed by atoms with Gasteiger partial charge in [-0.1, -0.05) is 31.5 Å². The number of benzene rings is 1. The Kier molecular flexibility index (Phi) is 7.18. The summed E-state index contributed by atoms with van der Waals surface area (Å²) in [6, 6.07) is 7.32. The van der Waals surface area contributed by atoms with Gasteiger partial charge in [0.15, 0.2) is 0 Å². The Labute approximate surface area is 125 Å². The third kappa shape index (κ3) is 6.59. The second-order valence-electron chi connectivity index (χ2n) is 4.58. The summed E-state index contributed by atoms with van der Waals surface area (Å²) in [5.74, 6) is 0.353. The molecular formula is C14H22N2O4S. The molecule has 0 aliphatic heterocycles. The van der Waals surface area contributed by atoms with E-state index in [0.717, 1.165) is 12.0 Å². The molecule has 0 spiro atoms. The van der Waals surface area contributed by atoms with E-state index >= 15 is 0 Å². The molecule has 0 heterocycles. The number of para-hydroxylation sites is 1. The summed E-state index contributed by atoms with van der Waals surface area (Å²) < 4.78 is 30.6. The van der Waals surface area contributed by atoms with Crippen molar-refractivity contribution in [3.05, 3.63) is 29.8 Å². The monoisotopic (exact) mass is 314 g/mol. The molecule has 1 aromatic rings. The Balaban J connectivity index is 2.41. The topological polar surface area (TPSA) is 84.5 Å². The number of carbonyl (C=O) groups excluding carboxylic acids is 1. The van der Waals surface area contributed by atoms with Crippen LogP contribution in [0, 0.1) is 0 Å². The summed E-state index contributed by atoms with van der Waals surface area (Å²) in [6.07, 6.45) is 1.37. The minimum absolute atomic E-state index is 0.0449. The number of carbonyl (C=O) groups is 1. The van der Waals surface area contributed by atoms with Gasteiger partial charge in [0, 0.05) is 12.1 Å². The molecule has 0 aliphatic rings. The summed E-state index contributed by atoms with van der Waals surface area (Å²) >= 11 is 0. The van der Waals surface area contributed by atoms with Gasteiger partial charge in [0.1, 0.15) is 5.75 Å². The van der Waals surface area contributed by atoms with Gasteiger partial charge in [0.25, 0.3) is 0 Å². The first-order valence-electron chi connectivity index (χ1n) is 6.84. The second kappa shape index (κ2) is 8.63. The lowest BCUT2D eigenvalue weighted by atomic mass is 10.2. The van der Waals surface area contributed by atoms with Crippen LogP contribution in [0.2, 0.25) is 0 Å². The minimum Gasteiger partial charge on any atom is -0.496 e. The van der Waals surface area contributed by atoms with Crippen molar-refractivity contribution in [2.75, 3.05) is 19.4 Å². The molecule has 0 saturated heterocycles. The fraction of sp³-hybridized carbons (Fsp3) is 0.500. The van der Waals surface area contributed by atoms with Crippen molar-refractivity contribution in [2.45, 2.75) is 26.3 Å². The van der Waals surface area contributed by atoms with E-state index in [1.807, 2.05) is 25.1 Å². The SMILES string of the molecule is CCCCS(=O)(=O)NCC(=O)NCc1ccccc1OC. The third-order valence-corrected chi connectivity index (χ3v) is 4.30. The molecule has 118 valence electrons. The van der Waals surface area contributed by atoms with E-state index in [-0.39, 0.29) is 18.2 Å². The highest BCUT2D eigenvalue weighted by Crippen LogP contribution is 2.16. The molecule has 21 heavy (non-hydrogen) atoms. The second-order valence-corrected chi connectivity index (χ2v) is 6.51. The van der Waals surface area contributed by atoms with E-state index in [1.165, 1.54) is 0 Å². The fourth-order valence-corrected chi connectivity index (χ4v) is 2.85. The number of unbranched alkanes of at least 4 members (excludes halogenated alkanes) is 1. The quantitative estimate of drug-likeness (QED) is 0.713. The number of hydrogen-bond acceptors (Lipinski definition) is 4. The van der Waals surface area contributed by atoms with Crippen LogP contribution in [-0.4, -0.2) is 33.7 Å². The van der Waals surface area contributed by atoms with E-state index < -0.39 is 10.0 Å². The predicted octanol–water partition coefficient (Wildman–Crippen LogP) is 1.03. The van der Waals surface area contributed by atoms with Gasteiger partial charge in [-0.3, -0.25) is 4.79 Å². The highest BCUT2D eigenvalue weighted by molar-refractivity contribution is 7.89. The Bertz CT molecular complexity index is 558. The van der Waals surface area contributed by atoms with Crippen LogP contribution >= 0.6 is 0 Å². The molecule has 0 aliphatic carbocycles. The maximum Gasteiger partial charge on any atom is 0.235 e. The van der Waals surface area contributed by atoms with Crippen molar-refractivity contribution in [1.82, 2.24) is 10.0 Å². The van der Waals surface area contributed by atoms with Gasteiger partial charge in [-0.15, -0.1) is 0 Å². The van der Waals surface area contributed by atoms with Crippen molar-refractivity contribution < 1.29 is 17.9 Å². The smallest absolute Gasteiger partial charge is 0.235 e. The molecule has 0 atom stereocenters. The highest BCUT2D eigenvalue weighted by Gasteiger charge is 2.11. The number of ether oxygens (including phenoxy) is 1. The van der Waals surface area contributed by atoms with Crippen molar-refractivity contribution in [3.8, 4) is 5.75 Å². The van der Waals surface area contributed by atoms with E-state index in [2.05, 4.69) is 10.0 Å². The number of rotatable bonds is 9. The van der Waals surface area contributed by atoms with E-state index in [0.29, 0.717) is 18.7 Å². The zero-order valence-electron chi connectivity index (χ0n) is 12.4. The molecule has 0 unspecified atom stereocenters. The van der Waals surface area contributed by atoms with Gasteiger partial charge < -0.3 is 10.1 Å². The van der Waals surface area contributed by atoms with Crippen LogP contribution in [0.1, 0.15) is 25.3 Å². The fourth-order valence-electron chi connectivity index (χ4n) is 1.69. The first-order chi connectivity index (χ1) is 9.98. The minimum atomic E-state index is -3.37. The van der Waals surface area contributed by atoms with Crippen LogP contribution in [0.5, 0.6) is 5.75 Å². The Hall–Kier alpha value is -1.60. The molecule has 7 heteroatoms. The van der Waals surface area contributed by atoms with Gasteiger partial charge in [-0.2, -0.15) is 0 Å². The lowest BCUT2D eigenvalue weighted by molar-refractivity contribution is -0.120. The van der Waals surface area contributed by atoms with Crippen LogP contribution in [0.4, 0.5) is 0 Å².